The summed E-state index contributed by atoms with van der Waals surface area (Å²) >= 11 is 0. The maximum atomic E-state index is 13.5. The largest absolute Gasteiger partial charge is 0.462 e. The normalized spacial score (nSPS) is 31.3. The highest BCUT2D eigenvalue weighted by Crippen LogP contribution is 2.62. The summed E-state index contributed by atoms with van der Waals surface area (Å²) in [5, 5.41) is 4.39. The number of aryl methyl sites for hydroxylation is 1. The summed E-state index contributed by atoms with van der Waals surface area (Å²) in [6, 6.07) is 14.7. The van der Waals surface area contributed by atoms with Gasteiger partial charge in [-0.3, -0.25) is 14.5 Å². The van der Waals surface area contributed by atoms with Crippen LogP contribution < -0.4 is 4.90 Å². The fraction of sp³-hybridized carbons (Fsp3) is 0.385. The van der Waals surface area contributed by atoms with Crippen LogP contribution in [0, 0.1) is 36.5 Å². The van der Waals surface area contributed by atoms with E-state index in [4.69, 9.17) is 9.57 Å². The minimum atomic E-state index is -0.425. The molecule has 4 aliphatic rings. The molecule has 33 heavy (non-hydrogen) atoms. The minimum Gasteiger partial charge on any atom is -0.462 e. The maximum absolute atomic E-state index is 13.5. The van der Waals surface area contributed by atoms with E-state index in [1.54, 1.807) is 31.2 Å². The fourth-order valence-electron chi connectivity index (χ4n) is 6.30. The first-order valence-corrected chi connectivity index (χ1v) is 11.5. The van der Waals surface area contributed by atoms with E-state index in [1.165, 1.54) is 10.5 Å². The molecule has 6 atom stereocenters. The van der Waals surface area contributed by atoms with Crippen LogP contribution in [-0.2, 0) is 19.2 Å². The Labute approximate surface area is 191 Å². The number of amides is 2. The second kappa shape index (κ2) is 7.27. The molecular weight excluding hydrogens is 420 g/mol. The summed E-state index contributed by atoms with van der Waals surface area (Å²) in [6.45, 7) is 4.07. The lowest BCUT2D eigenvalue weighted by atomic mass is 9.71. The smallest absolute Gasteiger partial charge is 0.338 e. The Hall–Kier alpha value is -3.48. The van der Waals surface area contributed by atoms with E-state index >= 15 is 0 Å². The van der Waals surface area contributed by atoms with Gasteiger partial charge in [0.15, 0.2) is 0 Å². The molecule has 0 radical (unpaired) electrons. The Morgan fingerprint density at radius 2 is 1.67 bits per heavy atom. The van der Waals surface area contributed by atoms with Gasteiger partial charge in [0.2, 0.25) is 11.8 Å². The summed E-state index contributed by atoms with van der Waals surface area (Å²) < 4.78 is 5.02. The molecule has 6 rings (SSSR count). The Morgan fingerprint density at radius 1 is 1.00 bits per heavy atom. The number of benzene rings is 2. The Bertz CT molecular complexity index is 1190. The number of ether oxygens (including phenoxy) is 1. The summed E-state index contributed by atoms with van der Waals surface area (Å²) in [6.07, 6.45) is 0.651. The van der Waals surface area contributed by atoms with Crippen LogP contribution in [0.3, 0.4) is 0 Å². The Kier molecular flexibility index (Phi) is 4.44. The van der Waals surface area contributed by atoms with Gasteiger partial charge in [0.1, 0.15) is 6.10 Å². The third kappa shape index (κ3) is 2.81. The standard InChI is InChI=1S/C26H24N2O5/c1-3-32-26(31)15-8-10-16(11-9-15)28-24(29)19-17-12-18(20(19)25(28)30)23-21(17)22(27-33-23)14-6-4-13(2)5-7-14/h4-11,17-21,23H,3,12H2,1-2H3/t17-,18+,19-,20+,21+,23+/m1/s1. The molecule has 168 valence electrons. The van der Waals surface area contributed by atoms with Crippen LogP contribution in [0.5, 0.6) is 0 Å². The number of hydrogen-bond donors (Lipinski definition) is 0. The number of oxime groups is 1. The molecule has 2 amide bonds. The molecule has 1 saturated heterocycles. The van der Waals surface area contributed by atoms with Crippen molar-refractivity contribution in [2.45, 2.75) is 26.4 Å². The van der Waals surface area contributed by atoms with Crippen molar-refractivity contribution >= 4 is 29.2 Å². The van der Waals surface area contributed by atoms with Gasteiger partial charge in [0.25, 0.3) is 0 Å². The van der Waals surface area contributed by atoms with Gasteiger partial charge in [-0.25, -0.2) is 4.79 Å². The maximum Gasteiger partial charge on any atom is 0.338 e. The van der Waals surface area contributed by atoms with E-state index in [2.05, 4.69) is 5.16 Å². The molecule has 2 aromatic carbocycles. The van der Waals surface area contributed by atoms with Crippen molar-refractivity contribution in [3.63, 3.8) is 0 Å². The number of nitrogens with zero attached hydrogens (tertiary/aromatic N) is 2. The van der Waals surface area contributed by atoms with Gasteiger partial charge < -0.3 is 9.57 Å². The first-order valence-electron chi connectivity index (χ1n) is 11.5. The van der Waals surface area contributed by atoms with Crippen LogP contribution in [0.2, 0.25) is 0 Å². The second-order valence-electron chi connectivity index (χ2n) is 9.33. The number of hydrogen-bond acceptors (Lipinski definition) is 6. The van der Waals surface area contributed by atoms with Crippen LogP contribution in [0.25, 0.3) is 0 Å². The van der Waals surface area contributed by atoms with Crippen LogP contribution in [-0.4, -0.2) is 36.2 Å². The third-order valence-corrected chi connectivity index (χ3v) is 7.67. The molecule has 2 saturated carbocycles. The van der Waals surface area contributed by atoms with Gasteiger partial charge in [0.05, 0.1) is 35.4 Å². The number of fused-ring (bicyclic) bond motifs is 8. The van der Waals surface area contributed by atoms with Crippen molar-refractivity contribution in [3.8, 4) is 0 Å². The van der Waals surface area contributed by atoms with E-state index in [0.29, 0.717) is 11.3 Å². The first-order chi connectivity index (χ1) is 16.0. The molecule has 3 fully saturated rings. The second-order valence-corrected chi connectivity index (χ2v) is 9.33. The van der Waals surface area contributed by atoms with Gasteiger partial charge in [-0.05, 0) is 56.0 Å². The van der Waals surface area contributed by atoms with E-state index in [-0.39, 0.29) is 54.1 Å². The van der Waals surface area contributed by atoms with Gasteiger partial charge in [-0.1, -0.05) is 35.0 Å². The Balaban J connectivity index is 1.28. The molecule has 0 N–H and O–H groups in total. The molecule has 0 unspecified atom stereocenters. The zero-order valence-corrected chi connectivity index (χ0v) is 18.4. The molecule has 2 heterocycles. The molecule has 2 aromatic rings. The summed E-state index contributed by atoms with van der Waals surface area (Å²) in [5.41, 5.74) is 3.96. The van der Waals surface area contributed by atoms with Crippen molar-refractivity contribution in [3.05, 3.63) is 65.2 Å². The monoisotopic (exact) mass is 444 g/mol. The topological polar surface area (TPSA) is 85.3 Å². The van der Waals surface area contributed by atoms with Crippen molar-refractivity contribution in [2.24, 2.45) is 34.7 Å². The third-order valence-electron chi connectivity index (χ3n) is 7.67. The number of rotatable bonds is 4. The number of anilines is 1. The number of carbonyl (C=O) groups excluding carboxylic acids is 3. The molecule has 7 nitrogen and oxygen atoms in total. The van der Waals surface area contributed by atoms with Crippen molar-refractivity contribution in [1.82, 2.24) is 0 Å². The first kappa shape index (κ1) is 20.1. The van der Waals surface area contributed by atoms with E-state index in [9.17, 15) is 14.4 Å². The average Bonchev–Trinajstić information content (AvgIpc) is 3.55. The molecule has 0 spiro atoms. The van der Waals surface area contributed by atoms with Crippen LogP contribution >= 0.6 is 0 Å². The average molecular weight is 444 g/mol. The predicted octanol–water partition coefficient (Wildman–Crippen LogP) is 3.35. The lowest BCUT2D eigenvalue weighted by molar-refractivity contribution is -0.125. The molecule has 2 aliphatic carbocycles. The molecular formula is C26H24N2O5. The molecule has 2 aliphatic heterocycles. The van der Waals surface area contributed by atoms with Gasteiger partial charge in [-0.2, -0.15) is 0 Å². The Morgan fingerprint density at radius 3 is 2.33 bits per heavy atom. The van der Waals surface area contributed by atoms with Crippen molar-refractivity contribution in [1.29, 1.82) is 0 Å². The summed E-state index contributed by atoms with van der Waals surface area (Å²) in [5.74, 6) is -1.44. The van der Waals surface area contributed by atoms with Crippen LogP contribution in [0.4, 0.5) is 5.69 Å². The van der Waals surface area contributed by atoms with E-state index < -0.39 is 5.97 Å². The zero-order chi connectivity index (χ0) is 22.9. The quantitative estimate of drug-likeness (QED) is 0.533. The lowest BCUT2D eigenvalue weighted by Gasteiger charge is -2.29. The summed E-state index contributed by atoms with van der Waals surface area (Å²) in [7, 11) is 0. The SMILES string of the molecule is CCOC(=O)c1ccc(N2C(=O)[C@@H]3[C@H]4C[C@H]([C@@H]5ON=C(c6ccc(C)cc6)[C@H]45)[C@@H]3C2=O)cc1. The minimum absolute atomic E-state index is 0.0167. The highest BCUT2D eigenvalue weighted by atomic mass is 16.6. The van der Waals surface area contributed by atoms with Crippen molar-refractivity contribution in [2.75, 3.05) is 11.5 Å². The van der Waals surface area contributed by atoms with Crippen LogP contribution in [0.15, 0.2) is 53.7 Å². The number of carbonyl (C=O) groups is 3. The van der Waals surface area contributed by atoms with E-state index in [0.717, 1.165) is 17.7 Å². The van der Waals surface area contributed by atoms with Gasteiger partial charge in [-0.15, -0.1) is 0 Å². The predicted molar refractivity (Wildman–Crippen MR) is 120 cm³/mol. The van der Waals surface area contributed by atoms with E-state index in [1.807, 2.05) is 31.2 Å². The fourth-order valence-corrected chi connectivity index (χ4v) is 6.30. The highest BCUT2D eigenvalue weighted by molar-refractivity contribution is 6.23. The number of imide groups is 1. The molecule has 2 bridgehead atoms. The zero-order valence-electron chi connectivity index (χ0n) is 18.4. The van der Waals surface area contributed by atoms with Crippen molar-refractivity contribution < 1.29 is 24.0 Å². The summed E-state index contributed by atoms with van der Waals surface area (Å²) in [4.78, 5) is 46.0. The van der Waals surface area contributed by atoms with Gasteiger partial charge >= 0.3 is 5.97 Å². The number of esters is 1. The molecule has 0 aromatic heterocycles. The van der Waals surface area contributed by atoms with Gasteiger partial charge in [0, 0.05) is 11.8 Å². The highest BCUT2D eigenvalue weighted by Gasteiger charge is 2.70. The van der Waals surface area contributed by atoms with Crippen LogP contribution in [0.1, 0.15) is 34.8 Å². The molecule has 7 heteroatoms. The lowest BCUT2D eigenvalue weighted by Crippen LogP contribution is -2.41.